The highest BCUT2D eigenvalue weighted by Gasteiger charge is 2.39. The molecule has 0 bridgehead atoms. The first-order valence-corrected chi connectivity index (χ1v) is 10.1. The standard InChI is InChI=1S/C23H23FN6O/c1-13-9-17(13)22(31)28-19-10-18-14(11-27-21(25-4)20(18)30-29-19)5-7-16-8-6-15(12-26-16)23(2,3)24/h6,8,10-13,17H,9H2,1-4H3,(H,25,27)(H,28,29,31)/t13-,17+/m1/s1. The van der Waals surface area contributed by atoms with Gasteiger partial charge in [-0.05, 0) is 44.2 Å². The number of pyridine rings is 2. The maximum absolute atomic E-state index is 14.0. The van der Waals surface area contributed by atoms with Crippen LogP contribution in [0.25, 0.3) is 10.9 Å². The number of nitrogens with zero attached hydrogens (tertiary/aromatic N) is 4. The molecule has 3 aromatic heterocycles. The van der Waals surface area contributed by atoms with Gasteiger partial charge in [-0.2, -0.15) is 0 Å². The topological polar surface area (TPSA) is 92.7 Å². The number of halogens is 1. The van der Waals surface area contributed by atoms with Gasteiger partial charge in [-0.15, -0.1) is 10.2 Å². The molecule has 0 unspecified atom stereocenters. The monoisotopic (exact) mass is 418 g/mol. The summed E-state index contributed by atoms with van der Waals surface area (Å²) < 4.78 is 14.0. The number of aromatic nitrogens is 4. The van der Waals surface area contributed by atoms with Gasteiger partial charge in [0, 0.05) is 36.3 Å². The highest BCUT2D eigenvalue weighted by Crippen LogP contribution is 2.38. The number of rotatable bonds is 4. The van der Waals surface area contributed by atoms with Crippen LogP contribution in [0.15, 0.2) is 30.6 Å². The van der Waals surface area contributed by atoms with Crippen LogP contribution in [0, 0.1) is 23.7 Å². The SMILES string of the molecule is CNc1ncc(C#Cc2ccc(C(C)(C)F)cn2)c2cc(NC(=O)[C@H]3C[C@H]3C)nnc12. The van der Waals surface area contributed by atoms with Crippen molar-refractivity contribution in [3.05, 3.63) is 47.4 Å². The van der Waals surface area contributed by atoms with Gasteiger partial charge in [0.1, 0.15) is 16.9 Å². The van der Waals surface area contributed by atoms with Gasteiger partial charge >= 0.3 is 0 Å². The number of carbonyl (C=O) groups is 1. The number of fused-ring (bicyclic) bond motifs is 1. The zero-order chi connectivity index (χ0) is 22.2. The minimum absolute atomic E-state index is 0.0328. The Morgan fingerprint density at radius 3 is 2.58 bits per heavy atom. The molecule has 2 atom stereocenters. The Kier molecular flexibility index (Phi) is 5.27. The van der Waals surface area contributed by atoms with Gasteiger partial charge in [0.25, 0.3) is 0 Å². The van der Waals surface area contributed by atoms with Gasteiger partial charge in [0.15, 0.2) is 11.6 Å². The highest BCUT2D eigenvalue weighted by atomic mass is 19.1. The molecule has 1 saturated carbocycles. The van der Waals surface area contributed by atoms with Crippen LogP contribution in [0.2, 0.25) is 0 Å². The predicted molar refractivity (Wildman–Crippen MR) is 117 cm³/mol. The number of amides is 1. The number of hydrogen-bond acceptors (Lipinski definition) is 6. The molecular formula is C23H23FN6O. The van der Waals surface area contributed by atoms with Crippen molar-refractivity contribution in [2.75, 3.05) is 17.7 Å². The lowest BCUT2D eigenvalue weighted by Crippen LogP contribution is -2.16. The molecule has 0 saturated heterocycles. The van der Waals surface area contributed by atoms with Crippen LogP contribution in [-0.4, -0.2) is 33.1 Å². The van der Waals surface area contributed by atoms with Crippen molar-refractivity contribution in [3.63, 3.8) is 0 Å². The number of nitrogens with one attached hydrogen (secondary N) is 2. The van der Waals surface area contributed by atoms with E-state index in [9.17, 15) is 9.18 Å². The minimum atomic E-state index is -1.46. The Hall–Kier alpha value is -3.60. The van der Waals surface area contributed by atoms with Crippen LogP contribution in [0.1, 0.15) is 44.0 Å². The summed E-state index contributed by atoms with van der Waals surface area (Å²) in [6.45, 7) is 5.01. The number of anilines is 2. The van der Waals surface area contributed by atoms with E-state index in [-0.39, 0.29) is 11.8 Å². The summed E-state index contributed by atoms with van der Waals surface area (Å²) in [4.78, 5) is 20.9. The molecule has 7 nitrogen and oxygen atoms in total. The van der Waals surface area contributed by atoms with Crippen molar-refractivity contribution in [2.45, 2.75) is 32.9 Å². The fraction of sp³-hybridized carbons (Fsp3) is 0.348. The highest BCUT2D eigenvalue weighted by molar-refractivity contribution is 5.97. The fourth-order valence-electron chi connectivity index (χ4n) is 3.23. The van der Waals surface area contributed by atoms with Gasteiger partial charge in [-0.25, -0.2) is 14.4 Å². The van der Waals surface area contributed by atoms with Crippen molar-refractivity contribution >= 4 is 28.4 Å². The molecule has 8 heteroatoms. The molecule has 2 N–H and O–H groups in total. The van der Waals surface area contributed by atoms with Crippen LogP contribution in [-0.2, 0) is 10.5 Å². The molecule has 1 aliphatic rings. The van der Waals surface area contributed by atoms with Crippen molar-refractivity contribution in [2.24, 2.45) is 11.8 Å². The smallest absolute Gasteiger partial charge is 0.228 e. The summed E-state index contributed by atoms with van der Waals surface area (Å²) >= 11 is 0. The maximum atomic E-state index is 14.0. The Morgan fingerprint density at radius 2 is 1.97 bits per heavy atom. The van der Waals surface area contributed by atoms with Gasteiger partial charge in [0.2, 0.25) is 5.91 Å². The third-order valence-electron chi connectivity index (χ3n) is 5.34. The van der Waals surface area contributed by atoms with E-state index in [1.165, 1.54) is 20.0 Å². The Morgan fingerprint density at radius 1 is 1.19 bits per heavy atom. The summed E-state index contributed by atoms with van der Waals surface area (Å²) in [6, 6.07) is 5.11. The van der Waals surface area contributed by atoms with E-state index in [1.54, 1.807) is 31.4 Å². The van der Waals surface area contributed by atoms with Crippen molar-refractivity contribution < 1.29 is 9.18 Å². The molecule has 31 heavy (non-hydrogen) atoms. The van der Waals surface area contributed by atoms with E-state index in [0.29, 0.717) is 45.3 Å². The first-order chi connectivity index (χ1) is 14.8. The first kappa shape index (κ1) is 20.7. The zero-order valence-corrected chi connectivity index (χ0v) is 17.8. The molecule has 0 aromatic carbocycles. The van der Waals surface area contributed by atoms with Crippen LogP contribution < -0.4 is 10.6 Å². The first-order valence-electron chi connectivity index (χ1n) is 10.1. The second kappa shape index (κ2) is 7.91. The van der Waals surface area contributed by atoms with E-state index in [0.717, 1.165) is 6.42 Å². The summed E-state index contributed by atoms with van der Waals surface area (Å²) in [6.07, 6.45) is 4.02. The average molecular weight is 418 g/mol. The number of hydrogen-bond donors (Lipinski definition) is 2. The van der Waals surface area contributed by atoms with E-state index in [1.807, 2.05) is 6.92 Å². The normalized spacial score (nSPS) is 17.6. The molecule has 0 radical (unpaired) electrons. The predicted octanol–water partition coefficient (Wildman–Crippen LogP) is 3.66. The molecule has 0 spiro atoms. The number of carbonyl (C=O) groups excluding carboxylic acids is 1. The minimum Gasteiger partial charge on any atom is -0.371 e. The Balaban J connectivity index is 1.68. The van der Waals surface area contributed by atoms with Crippen molar-refractivity contribution in [1.82, 2.24) is 20.2 Å². The van der Waals surface area contributed by atoms with Gasteiger partial charge in [-0.3, -0.25) is 4.79 Å². The largest absolute Gasteiger partial charge is 0.371 e. The molecule has 1 aliphatic carbocycles. The molecule has 158 valence electrons. The second-order valence-corrected chi connectivity index (χ2v) is 8.23. The van der Waals surface area contributed by atoms with E-state index < -0.39 is 5.67 Å². The van der Waals surface area contributed by atoms with Gasteiger partial charge in [0.05, 0.1) is 5.56 Å². The summed E-state index contributed by atoms with van der Waals surface area (Å²) in [7, 11) is 1.75. The Labute approximate surface area is 179 Å². The maximum Gasteiger partial charge on any atom is 0.228 e. The lowest BCUT2D eigenvalue weighted by molar-refractivity contribution is -0.117. The van der Waals surface area contributed by atoms with Crippen molar-refractivity contribution in [1.29, 1.82) is 0 Å². The molecule has 4 rings (SSSR count). The van der Waals surface area contributed by atoms with Crippen molar-refractivity contribution in [3.8, 4) is 11.8 Å². The average Bonchev–Trinajstić information content (AvgIpc) is 3.48. The fourth-order valence-corrected chi connectivity index (χ4v) is 3.23. The summed E-state index contributed by atoms with van der Waals surface area (Å²) in [5.74, 6) is 7.37. The lowest BCUT2D eigenvalue weighted by atomic mass is 10.0. The van der Waals surface area contributed by atoms with Crippen LogP contribution in [0.4, 0.5) is 16.0 Å². The zero-order valence-electron chi connectivity index (χ0n) is 17.8. The molecule has 3 aromatic rings. The third-order valence-corrected chi connectivity index (χ3v) is 5.34. The third kappa shape index (κ3) is 4.45. The van der Waals surface area contributed by atoms with Crippen LogP contribution >= 0.6 is 0 Å². The van der Waals surface area contributed by atoms with E-state index >= 15 is 0 Å². The molecule has 0 aliphatic heterocycles. The Bertz CT molecular complexity index is 1210. The molecular weight excluding hydrogens is 395 g/mol. The molecule has 1 amide bonds. The lowest BCUT2D eigenvalue weighted by Gasteiger charge is -2.13. The second-order valence-electron chi connectivity index (χ2n) is 8.23. The van der Waals surface area contributed by atoms with Gasteiger partial charge < -0.3 is 10.6 Å². The van der Waals surface area contributed by atoms with E-state index in [2.05, 4.69) is 42.6 Å². The summed E-state index contributed by atoms with van der Waals surface area (Å²) in [5, 5.41) is 14.9. The molecule has 1 fully saturated rings. The van der Waals surface area contributed by atoms with Crippen LogP contribution in [0.3, 0.4) is 0 Å². The van der Waals surface area contributed by atoms with Gasteiger partial charge in [-0.1, -0.05) is 18.9 Å². The van der Waals surface area contributed by atoms with Crippen LogP contribution in [0.5, 0.6) is 0 Å². The molecule has 3 heterocycles. The quantitative estimate of drug-likeness (QED) is 0.628. The summed E-state index contributed by atoms with van der Waals surface area (Å²) in [5.41, 5.74) is 0.714. The number of alkyl halides is 1. The van der Waals surface area contributed by atoms with E-state index in [4.69, 9.17) is 0 Å².